The van der Waals surface area contributed by atoms with E-state index in [0.717, 1.165) is 45.7 Å². The van der Waals surface area contributed by atoms with Crippen LogP contribution < -0.4 is 0 Å². The van der Waals surface area contributed by atoms with E-state index in [1.807, 2.05) is 12.1 Å². The molecule has 0 aromatic heterocycles. The Morgan fingerprint density at radius 3 is 2.08 bits per heavy atom. The number of hydrogen-bond donors (Lipinski definition) is 1. The maximum Gasteiger partial charge on any atom is 0.335 e. The Kier molecular flexibility index (Phi) is 5.62. The molecule has 1 fully saturated rings. The number of aromatic carboxylic acids is 1. The Balaban J connectivity index is 1.42. The van der Waals surface area contributed by atoms with Crippen molar-refractivity contribution in [2.75, 3.05) is 32.7 Å². The highest BCUT2D eigenvalue weighted by Crippen LogP contribution is 2.11. The molecular weight excluding hydrogens is 300 g/mol. The van der Waals surface area contributed by atoms with Gasteiger partial charge in [-0.15, -0.1) is 0 Å². The van der Waals surface area contributed by atoms with E-state index < -0.39 is 5.97 Å². The number of hydrogen-bond acceptors (Lipinski definition) is 3. The third kappa shape index (κ3) is 4.66. The zero-order chi connectivity index (χ0) is 16.8. The van der Waals surface area contributed by atoms with Crippen LogP contribution in [0.4, 0.5) is 0 Å². The fourth-order valence-corrected chi connectivity index (χ4v) is 3.11. The van der Waals surface area contributed by atoms with Crippen LogP contribution in [0.1, 0.15) is 21.5 Å². The fraction of sp³-hybridized carbons (Fsp3) is 0.350. The highest BCUT2D eigenvalue weighted by Gasteiger charge is 2.16. The van der Waals surface area contributed by atoms with Gasteiger partial charge in [0.1, 0.15) is 0 Å². The van der Waals surface area contributed by atoms with Crippen molar-refractivity contribution in [1.29, 1.82) is 0 Å². The van der Waals surface area contributed by atoms with Gasteiger partial charge in [0.2, 0.25) is 0 Å². The predicted octanol–water partition coefficient (Wildman–Crippen LogP) is 2.75. The van der Waals surface area contributed by atoms with Gasteiger partial charge in [0.05, 0.1) is 5.56 Å². The molecule has 0 spiro atoms. The molecule has 2 aromatic rings. The van der Waals surface area contributed by atoms with Crippen LogP contribution in [-0.2, 0) is 13.0 Å². The molecule has 1 saturated heterocycles. The molecular formula is C20H24N2O2. The van der Waals surface area contributed by atoms with Crippen LogP contribution in [0.3, 0.4) is 0 Å². The molecule has 1 N–H and O–H groups in total. The van der Waals surface area contributed by atoms with Crippen molar-refractivity contribution < 1.29 is 9.90 Å². The van der Waals surface area contributed by atoms with Gasteiger partial charge in [-0.3, -0.25) is 4.90 Å². The summed E-state index contributed by atoms with van der Waals surface area (Å²) < 4.78 is 0. The highest BCUT2D eigenvalue weighted by molar-refractivity contribution is 5.87. The summed E-state index contributed by atoms with van der Waals surface area (Å²) in [5.41, 5.74) is 2.93. The van der Waals surface area contributed by atoms with E-state index in [-0.39, 0.29) is 0 Å². The van der Waals surface area contributed by atoms with Crippen LogP contribution in [0.5, 0.6) is 0 Å². The molecule has 1 aliphatic heterocycles. The molecule has 0 radical (unpaired) electrons. The molecule has 126 valence electrons. The first-order chi connectivity index (χ1) is 11.7. The van der Waals surface area contributed by atoms with Gasteiger partial charge in [-0.1, -0.05) is 42.5 Å². The fourth-order valence-electron chi connectivity index (χ4n) is 3.11. The number of benzene rings is 2. The van der Waals surface area contributed by atoms with Crippen LogP contribution in [-0.4, -0.2) is 53.6 Å². The average molecular weight is 324 g/mol. The molecule has 4 heteroatoms. The molecule has 0 atom stereocenters. The maximum absolute atomic E-state index is 10.9. The standard InChI is InChI=1S/C20H24N2O2/c23-20(24)19-8-6-18(7-9-19)16-22-14-12-21(13-15-22)11-10-17-4-2-1-3-5-17/h1-9H,10-16H2,(H,23,24). The summed E-state index contributed by atoms with van der Waals surface area (Å²) in [5, 5.41) is 8.94. The Bertz CT molecular complexity index is 647. The number of rotatable bonds is 6. The Morgan fingerprint density at radius 2 is 1.46 bits per heavy atom. The Hall–Kier alpha value is -2.17. The van der Waals surface area contributed by atoms with Crippen LogP contribution >= 0.6 is 0 Å². The van der Waals surface area contributed by atoms with Gasteiger partial charge in [0.25, 0.3) is 0 Å². The minimum absolute atomic E-state index is 0.351. The van der Waals surface area contributed by atoms with Gasteiger partial charge in [-0.05, 0) is 29.7 Å². The van der Waals surface area contributed by atoms with E-state index in [9.17, 15) is 4.79 Å². The quantitative estimate of drug-likeness (QED) is 0.887. The third-order valence-electron chi connectivity index (χ3n) is 4.63. The zero-order valence-electron chi connectivity index (χ0n) is 13.9. The molecule has 3 rings (SSSR count). The normalized spacial score (nSPS) is 16.2. The lowest BCUT2D eigenvalue weighted by Crippen LogP contribution is -2.46. The highest BCUT2D eigenvalue weighted by atomic mass is 16.4. The molecule has 0 aliphatic carbocycles. The van der Waals surface area contributed by atoms with Gasteiger partial charge in [0, 0.05) is 39.3 Å². The van der Waals surface area contributed by atoms with E-state index in [1.54, 1.807) is 12.1 Å². The molecule has 1 aliphatic rings. The maximum atomic E-state index is 10.9. The molecule has 2 aromatic carbocycles. The van der Waals surface area contributed by atoms with Gasteiger partial charge < -0.3 is 10.0 Å². The lowest BCUT2D eigenvalue weighted by atomic mass is 10.1. The molecule has 0 amide bonds. The lowest BCUT2D eigenvalue weighted by molar-refractivity contribution is 0.0697. The average Bonchev–Trinajstić information content (AvgIpc) is 2.62. The summed E-state index contributed by atoms with van der Waals surface area (Å²) in [5.74, 6) is -0.867. The Labute approximate surface area is 143 Å². The van der Waals surface area contributed by atoms with Crippen LogP contribution in [0.2, 0.25) is 0 Å². The molecule has 1 heterocycles. The molecule has 4 nitrogen and oxygen atoms in total. The van der Waals surface area contributed by atoms with Crippen molar-refractivity contribution in [1.82, 2.24) is 9.80 Å². The minimum atomic E-state index is -0.867. The first kappa shape index (κ1) is 16.7. The summed E-state index contributed by atoms with van der Waals surface area (Å²) in [7, 11) is 0. The van der Waals surface area contributed by atoms with Crippen LogP contribution in [0, 0.1) is 0 Å². The van der Waals surface area contributed by atoms with Crippen molar-refractivity contribution in [3.63, 3.8) is 0 Å². The van der Waals surface area contributed by atoms with E-state index in [0.29, 0.717) is 5.56 Å². The van der Waals surface area contributed by atoms with Gasteiger partial charge in [0.15, 0.2) is 0 Å². The van der Waals surface area contributed by atoms with Crippen molar-refractivity contribution >= 4 is 5.97 Å². The number of piperazine rings is 1. The second kappa shape index (κ2) is 8.08. The molecule has 24 heavy (non-hydrogen) atoms. The largest absolute Gasteiger partial charge is 0.478 e. The summed E-state index contributed by atoms with van der Waals surface area (Å²) in [6.45, 7) is 6.34. The summed E-state index contributed by atoms with van der Waals surface area (Å²) >= 11 is 0. The van der Waals surface area contributed by atoms with Crippen molar-refractivity contribution in [3.8, 4) is 0 Å². The molecule has 0 unspecified atom stereocenters. The summed E-state index contributed by atoms with van der Waals surface area (Å²) in [6.07, 6.45) is 1.11. The minimum Gasteiger partial charge on any atom is -0.478 e. The van der Waals surface area contributed by atoms with Gasteiger partial charge in [-0.25, -0.2) is 4.79 Å². The van der Waals surface area contributed by atoms with E-state index in [1.165, 1.54) is 11.1 Å². The van der Waals surface area contributed by atoms with Crippen LogP contribution in [0.25, 0.3) is 0 Å². The Morgan fingerprint density at radius 1 is 0.833 bits per heavy atom. The number of nitrogens with zero attached hydrogens (tertiary/aromatic N) is 2. The zero-order valence-corrected chi connectivity index (χ0v) is 13.9. The van der Waals surface area contributed by atoms with Gasteiger partial charge in [-0.2, -0.15) is 0 Å². The second-order valence-corrected chi connectivity index (χ2v) is 6.36. The summed E-state index contributed by atoms with van der Waals surface area (Å²) in [4.78, 5) is 15.9. The monoisotopic (exact) mass is 324 g/mol. The van der Waals surface area contributed by atoms with Crippen molar-refractivity contribution in [3.05, 3.63) is 71.3 Å². The van der Waals surface area contributed by atoms with E-state index in [4.69, 9.17) is 5.11 Å². The van der Waals surface area contributed by atoms with Crippen molar-refractivity contribution in [2.24, 2.45) is 0 Å². The van der Waals surface area contributed by atoms with Gasteiger partial charge >= 0.3 is 5.97 Å². The topological polar surface area (TPSA) is 43.8 Å². The number of carbonyl (C=O) groups is 1. The van der Waals surface area contributed by atoms with E-state index >= 15 is 0 Å². The molecule has 0 saturated carbocycles. The third-order valence-corrected chi connectivity index (χ3v) is 4.63. The summed E-state index contributed by atoms with van der Waals surface area (Å²) in [6, 6.07) is 17.9. The van der Waals surface area contributed by atoms with Crippen LogP contribution in [0.15, 0.2) is 54.6 Å². The van der Waals surface area contributed by atoms with E-state index in [2.05, 4.69) is 40.1 Å². The predicted molar refractivity (Wildman–Crippen MR) is 95.3 cm³/mol. The SMILES string of the molecule is O=C(O)c1ccc(CN2CCN(CCc3ccccc3)CC2)cc1. The van der Waals surface area contributed by atoms with Crippen molar-refractivity contribution in [2.45, 2.75) is 13.0 Å². The lowest BCUT2D eigenvalue weighted by Gasteiger charge is -2.34. The number of carboxylic acid groups (broad SMARTS) is 1. The first-order valence-electron chi connectivity index (χ1n) is 8.51. The smallest absolute Gasteiger partial charge is 0.335 e. The second-order valence-electron chi connectivity index (χ2n) is 6.36. The molecule has 0 bridgehead atoms. The first-order valence-corrected chi connectivity index (χ1v) is 8.51. The number of carboxylic acids is 1.